The molecule has 0 bridgehead atoms. The van der Waals surface area contributed by atoms with E-state index in [1.165, 1.54) is 7.11 Å². The normalized spacial score (nSPS) is 12.7. The van der Waals surface area contributed by atoms with Gasteiger partial charge in [-0.2, -0.15) is 13.2 Å². The number of nitrogens with one attached hydrogen (secondary N) is 1. The number of rotatable bonds is 6. The smallest absolute Gasteiger partial charge is 0.383 e. The summed E-state index contributed by atoms with van der Waals surface area (Å²) in [5, 5.41) is 2.38. The van der Waals surface area contributed by atoms with Crippen LogP contribution in [0.5, 0.6) is 0 Å². The Morgan fingerprint density at radius 1 is 1.39 bits per heavy atom. The topological polar surface area (TPSA) is 103 Å². The molecule has 0 radical (unpaired) electrons. The monoisotopic (exact) mass is 335 g/mol. The Hall–Kier alpha value is -2.36. The van der Waals surface area contributed by atoms with Crippen molar-refractivity contribution in [2.24, 2.45) is 5.73 Å². The zero-order valence-corrected chi connectivity index (χ0v) is 12.4. The van der Waals surface area contributed by atoms with E-state index < -0.39 is 47.4 Å². The summed E-state index contributed by atoms with van der Waals surface area (Å²) < 4.78 is 43.9. The van der Waals surface area contributed by atoms with Crippen LogP contribution in [0.15, 0.2) is 16.9 Å². The van der Waals surface area contributed by atoms with Crippen LogP contribution in [0.2, 0.25) is 0 Å². The fraction of sp³-hybridized carbons (Fsp3) is 0.462. The number of methoxy groups -OCH3 is 1. The second kappa shape index (κ2) is 7.27. The van der Waals surface area contributed by atoms with Crippen molar-refractivity contribution < 1.29 is 27.5 Å². The molecule has 10 heteroatoms. The summed E-state index contributed by atoms with van der Waals surface area (Å²) in [5.41, 5.74) is 1.69. The molecule has 2 amide bonds. The Labute approximate surface area is 129 Å². The van der Waals surface area contributed by atoms with Gasteiger partial charge in [0.05, 0.1) is 6.61 Å². The maximum absolute atomic E-state index is 13.0. The number of nitrogens with zero attached hydrogens (tertiary/aromatic N) is 1. The lowest BCUT2D eigenvalue weighted by molar-refractivity contribution is -0.144. The molecule has 3 N–H and O–H groups in total. The Bertz CT molecular complexity index is 655. The van der Waals surface area contributed by atoms with Gasteiger partial charge >= 0.3 is 6.18 Å². The highest BCUT2D eigenvalue weighted by Gasteiger charge is 2.35. The molecule has 23 heavy (non-hydrogen) atoms. The maximum Gasteiger partial charge on any atom is 0.431 e. The van der Waals surface area contributed by atoms with Crippen LogP contribution in [0.1, 0.15) is 23.0 Å². The molecule has 1 aromatic rings. The third kappa shape index (κ3) is 4.81. The van der Waals surface area contributed by atoms with Crippen LogP contribution in [0.3, 0.4) is 0 Å². The van der Waals surface area contributed by atoms with E-state index in [1.807, 2.05) is 0 Å². The SMILES string of the molecule is COC[C@H](C)NC(=O)Cn1c(C(F)(F)F)ccc(C(N)=O)c1=O. The number of carbonyl (C=O) groups is 2. The second-order valence-corrected chi connectivity index (χ2v) is 4.81. The second-order valence-electron chi connectivity index (χ2n) is 4.81. The lowest BCUT2D eigenvalue weighted by atomic mass is 10.2. The Morgan fingerprint density at radius 2 is 2.00 bits per heavy atom. The van der Waals surface area contributed by atoms with Gasteiger partial charge in [-0.25, -0.2) is 0 Å². The highest BCUT2D eigenvalue weighted by atomic mass is 19.4. The third-order valence-corrected chi connectivity index (χ3v) is 2.86. The molecule has 1 rings (SSSR count). The molecule has 0 aromatic carbocycles. The molecule has 1 aromatic heterocycles. The van der Waals surface area contributed by atoms with E-state index in [4.69, 9.17) is 10.5 Å². The molecule has 1 atom stereocenters. The molecule has 0 unspecified atom stereocenters. The number of halogens is 3. The predicted octanol–water partition coefficient (Wildman–Crippen LogP) is 0.117. The van der Waals surface area contributed by atoms with Gasteiger partial charge in [-0.3, -0.25) is 19.0 Å². The van der Waals surface area contributed by atoms with Gasteiger partial charge in [0, 0.05) is 13.2 Å². The third-order valence-electron chi connectivity index (χ3n) is 2.86. The van der Waals surface area contributed by atoms with Crippen molar-refractivity contribution in [3.8, 4) is 0 Å². The van der Waals surface area contributed by atoms with Gasteiger partial charge in [-0.05, 0) is 19.1 Å². The molecule has 0 spiro atoms. The van der Waals surface area contributed by atoms with Crippen molar-refractivity contribution in [1.29, 1.82) is 0 Å². The minimum absolute atomic E-state index is 0.147. The number of nitrogens with two attached hydrogens (primary N) is 1. The number of hydrogen-bond acceptors (Lipinski definition) is 4. The van der Waals surface area contributed by atoms with Gasteiger partial charge in [0.25, 0.3) is 11.5 Å². The standard InChI is InChI=1S/C13H16F3N3O4/c1-7(6-23-2)18-10(20)5-19-9(13(14,15)16)4-3-8(11(17)21)12(19)22/h3-4,7H,5-6H2,1-2H3,(H2,17,21)(H,18,20)/t7-/m0/s1. The predicted molar refractivity (Wildman–Crippen MR) is 73.7 cm³/mol. The molecule has 0 aliphatic carbocycles. The van der Waals surface area contributed by atoms with Gasteiger partial charge in [-0.1, -0.05) is 0 Å². The summed E-state index contributed by atoms with van der Waals surface area (Å²) in [6.07, 6.45) is -4.87. The quantitative estimate of drug-likeness (QED) is 0.770. The van der Waals surface area contributed by atoms with E-state index >= 15 is 0 Å². The first-order chi connectivity index (χ1) is 10.6. The van der Waals surface area contributed by atoms with Crippen LogP contribution in [-0.4, -0.2) is 36.1 Å². The lowest BCUT2D eigenvalue weighted by Gasteiger charge is -2.17. The summed E-state index contributed by atoms with van der Waals surface area (Å²) in [6.45, 7) is 0.825. The van der Waals surface area contributed by atoms with Crippen molar-refractivity contribution in [3.63, 3.8) is 0 Å². The van der Waals surface area contributed by atoms with Gasteiger partial charge in [-0.15, -0.1) is 0 Å². The highest BCUT2D eigenvalue weighted by Crippen LogP contribution is 2.28. The minimum atomic E-state index is -4.87. The van der Waals surface area contributed by atoms with Crippen molar-refractivity contribution in [1.82, 2.24) is 9.88 Å². The molecule has 0 saturated heterocycles. The van der Waals surface area contributed by atoms with Crippen molar-refractivity contribution >= 4 is 11.8 Å². The lowest BCUT2D eigenvalue weighted by Crippen LogP contribution is -2.42. The molecule has 0 fully saturated rings. The number of amides is 2. The number of carbonyl (C=O) groups excluding carboxylic acids is 2. The molecular weight excluding hydrogens is 319 g/mol. The zero-order chi connectivity index (χ0) is 17.8. The highest BCUT2D eigenvalue weighted by molar-refractivity contribution is 5.92. The van der Waals surface area contributed by atoms with Crippen molar-refractivity contribution in [2.45, 2.75) is 25.7 Å². The van der Waals surface area contributed by atoms with E-state index in [0.29, 0.717) is 12.1 Å². The average Bonchev–Trinajstić information content (AvgIpc) is 2.39. The number of hydrogen-bond donors (Lipinski definition) is 2. The fourth-order valence-electron chi connectivity index (χ4n) is 1.93. The molecule has 0 saturated carbocycles. The molecule has 128 valence electrons. The maximum atomic E-state index is 13.0. The van der Waals surface area contributed by atoms with Crippen LogP contribution in [-0.2, 0) is 22.3 Å². The Kier molecular flexibility index (Phi) is 5.91. The average molecular weight is 335 g/mol. The van der Waals surface area contributed by atoms with Crippen LogP contribution in [0, 0.1) is 0 Å². The summed E-state index contributed by atoms with van der Waals surface area (Å²) in [5.74, 6) is -2.01. The Balaban J connectivity index is 3.21. The van der Waals surface area contributed by atoms with E-state index in [0.717, 1.165) is 0 Å². The molecule has 0 aliphatic heterocycles. The molecule has 7 nitrogen and oxygen atoms in total. The number of alkyl halides is 3. The minimum Gasteiger partial charge on any atom is -0.383 e. The molecule has 0 aliphatic rings. The van der Waals surface area contributed by atoms with E-state index in [1.54, 1.807) is 6.92 Å². The van der Waals surface area contributed by atoms with Crippen LogP contribution in [0.4, 0.5) is 13.2 Å². The molecular formula is C13H16F3N3O4. The first-order valence-corrected chi connectivity index (χ1v) is 6.47. The van der Waals surface area contributed by atoms with Gasteiger partial charge in [0.1, 0.15) is 17.8 Å². The van der Waals surface area contributed by atoms with E-state index in [2.05, 4.69) is 5.32 Å². The summed E-state index contributed by atoms with van der Waals surface area (Å²) in [4.78, 5) is 34.9. The van der Waals surface area contributed by atoms with Crippen molar-refractivity contribution in [3.05, 3.63) is 33.7 Å². The number of ether oxygens (including phenoxy) is 1. The summed E-state index contributed by atoms with van der Waals surface area (Å²) >= 11 is 0. The van der Waals surface area contributed by atoms with Crippen LogP contribution >= 0.6 is 0 Å². The number of aromatic nitrogens is 1. The Morgan fingerprint density at radius 3 is 2.48 bits per heavy atom. The van der Waals surface area contributed by atoms with Gasteiger partial charge in [0.2, 0.25) is 5.91 Å². The summed E-state index contributed by atoms with van der Waals surface area (Å²) in [7, 11) is 1.39. The van der Waals surface area contributed by atoms with E-state index in [-0.39, 0.29) is 11.2 Å². The van der Waals surface area contributed by atoms with Crippen LogP contribution in [0.25, 0.3) is 0 Å². The largest absolute Gasteiger partial charge is 0.431 e. The molecule has 1 heterocycles. The fourth-order valence-corrected chi connectivity index (χ4v) is 1.93. The van der Waals surface area contributed by atoms with E-state index in [9.17, 15) is 27.6 Å². The zero-order valence-electron chi connectivity index (χ0n) is 12.4. The van der Waals surface area contributed by atoms with Crippen LogP contribution < -0.4 is 16.6 Å². The first kappa shape index (κ1) is 18.7. The number of primary amides is 1. The first-order valence-electron chi connectivity index (χ1n) is 6.47. The van der Waals surface area contributed by atoms with Gasteiger partial charge < -0.3 is 15.8 Å². The van der Waals surface area contributed by atoms with Gasteiger partial charge in [0.15, 0.2) is 0 Å². The number of pyridine rings is 1. The van der Waals surface area contributed by atoms with Crippen molar-refractivity contribution in [2.75, 3.05) is 13.7 Å². The summed E-state index contributed by atoms with van der Waals surface area (Å²) in [6, 6.07) is 0.764.